The quantitative estimate of drug-likeness (QED) is 0.327. The van der Waals surface area contributed by atoms with Gasteiger partial charge in [-0.3, -0.25) is 9.89 Å². The topological polar surface area (TPSA) is 58.1 Å². The first-order valence-corrected chi connectivity index (χ1v) is 11.5. The van der Waals surface area contributed by atoms with E-state index in [4.69, 9.17) is 9.47 Å². The smallest absolute Gasteiger partial charge is 0.191 e. The summed E-state index contributed by atoms with van der Waals surface area (Å²) in [6, 6.07) is 9.73. The maximum absolute atomic E-state index is 6.05. The molecule has 0 saturated carbocycles. The van der Waals surface area contributed by atoms with Gasteiger partial charge in [0.1, 0.15) is 0 Å². The van der Waals surface area contributed by atoms with Gasteiger partial charge in [-0.25, -0.2) is 0 Å². The first kappa shape index (κ1) is 24.6. The van der Waals surface area contributed by atoms with Crippen LogP contribution in [-0.2, 0) is 22.6 Å². The molecule has 30 heavy (non-hydrogen) atoms. The van der Waals surface area contributed by atoms with Crippen LogP contribution in [-0.4, -0.2) is 62.4 Å². The normalized spacial score (nSPS) is 15.9. The fourth-order valence-corrected chi connectivity index (χ4v) is 3.87. The highest BCUT2D eigenvalue weighted by Gasteiger charge is 2.14. The summed E-state index contributed by atoms with van der Waals surface area (Å²) in [6.07, 6.45) is 3.41. The second kappa shape index (κ2) is 13.6. The highest BCUT2D eigenvalue weighted by molar-refractivity contribution is 5.79. The molecule has 6 nitrogen and oxygen atoms in total. The van der Waals surface area contributed by atoms with Crippen molar-refractivity contribution < 1.29 is 9.47 Å². The Bertz CT molecular complexity index is 619. The number of hydrogen-bond acceptors (Lipinski definition) is 4. The molecule has 0 aromatic heterocycles. The van der Waals surface area contributed by atoms with Gasteiger partial charge in [-0.2, -0.15) is 0 Å². The van der Waals surface area contributed by atoms with Crippen molar-refractivity contribution in [3.05, 3.63) is 35.4 Å². The molecule has 170 valence electrons. The molecule has 2 N–H and O–H groups in total. The average Bonchev–Trinajstić information content (AvgIpc) is 2.74. The SMILES string of the molecule is CN=C(NCCCN(C(C)C)C(C)C)NCc1cccc(COC2CCOCC2)c1. The molecule has 1 heterocycles. The molecule has 1 fully saturated rings. The van der Waals surface area contributed by atoms with Gasteiger partial charge in [-0.05, 0) is 58.1 Å². The third-order valence-electron chi connectivity index (χ3n) is 5.54. The summed E-state index contributed by atoms with van der Waals surface area (Å²) in [7, 11) is 1.82. The summed E-state index contributed by atoms with van der Waals surface area (Å²) >= 11 is 0. The van der Waals surface area contributed by atoms with Gasteiger partial charge in [0, 0.05) is 52.0 Å². The van der Waals surface area contributed by atoms with E-state index in [2.05, 4.69) is 72.5 Å². The predicted molar refractivity (Wildman–Crippen MR) is 125 cm³/mol. The van der Waals surface area contributed by atoms with Gasteiger partial charge in [-0.15, -0.1) is 0 Å². The van der Waals surface area contributed by atoms with Crippen LogP contribution in [0.1, 0.15) is 58.1 Å². The molecular weight excluding hydrogens is 376 g/mol. The molecule has 6 heteroatoms. The Morgan fingerprint density at radius 3 is 2.50 bits per heavy atom. The number of benzene rings is 1. The van der Waals surface area contributed by atoms with Crippen LogP contribution < -0.4 is 10.6 Å². The minimum atomic E-state index is 0.325. The van der Waals surface area contributed by atoms with Crippen molar-refractivity contribution in [2.45, 2.75) is 78.3 Å². The van der Waals surface area contributed by atoms with Crippen LogP contribution in [0.15, 0.2) is 29.3 Å². The summed E-state index contributed by atoms with van der Waals surface area (Å²) in [4.78, 5) is 6.87. The van der Waals surface area contributed by atoms with E-state index in [1.54, 1.807) is 0 Å². The molecule has 0 bridgehead atoms. The summed E-state index contributed by atoms with van der Waals surface area (Å²) in [5, 5.41) is 6.85. The summed E-state index contributed by atoms with van der Waals surface area (Å²) in [5.41, 5.74) is 2.45. The Hall–Kier alpha value is -1.63. The lowest BCUT2D eigenvalue weighted by Gasteiger charge is -2.30. The van der Waals surface area contributed by atoms with E-state index in [-0.39, 0.29) is 0 Å². The molecule has 1 saturated heterocycles. The number of guanidine groups is 1. The third-order valence-corrected chi connectivity index (χ3v) is 5.54. The van der Waals surface area contributed by atoms with Crippen LogP contribution in [0.25, 0.3) is 0 Å². The summed E-state index contributed by atoms with van der Waals surface area (Å²) in [5.74, 6) is 0.847. The lowest BCUT2D eigenvalue weighted by Crippen LogP contribution is -2.41. The van der Waals surface area contributed by atoms with E-state index >= 15 is 0 Å². The minimum absolute atomic E-state index is 0.325. The van der Waals surface area contributed by atoms with Crippen molar-refractivity contribution in [3.8, 4) is 0 Å². The molecule has 1 aromatic rings. The van der Waals surface area contributed by atoms with Crippen LogP contribution >= 0.6 is 0 Å². The van der Waals surface area contributed by atoms with E-state index in [1.165, 1.54) is 11.1 Å². The molecule has 2 rings (SSSR count). The molecule has 0 unspecified atom stereocenters. The molecular formula is C24H42N4O2. The van der Waals surface area contributed by atoms with Gasteiger partial charge < -0.3 is 20.1 Å². The molecule has 1 aliphatic rings. The Balaban J connectivity index is 1.71. The Kier molecular flexibility index (Phi) is 11.2. The summed E-state index contributed by atoms with van der Waals surface area (Å²) < 4.78 is 11.4. The van der Waals surface area contributed by atoms with Crippen molar-refractivity contribution in [2.24, 2.45) is 4.99 Å². The average molecular weight is 419 g/mol. The zero-order valence-corrected chi connectivity index (χ0v) is 19.6. The monoisotopic (exact) mass is 418 g/mol. The Morgan fingerprint density at radius 2 is 1.83 bits per heavy atom. The zero-order chi connectivity index (χ0) is 21.8. The molecule has 0 radical (unpaired) electrons. The largest absolute Gasteiger partial charge is 0.381 e. The minimum Gasteiger partial charge on any atom is -0.381 e. The highest BCUT2D eigenvalue weighted by Crippen LogP contribution is 2.14. The van der Waals surface area contributed by atoms with Crippen LogP contribution in [0.5, 0.6) is 0 Å². The Labute approximate surface area is 183 Å². The van der Waals surface area contributed by atoms with Crippen LogP contribution in [0, 0.1) is 0 Å². The maximum Gasteiger partial charge on any atom is 0.191 e. The fourth-order valence-electron chi connectivity index (χ4n) is 3.87. The molecule has 0 spiro atoms. The number of nitrogens with zero attached hydrogens (tertiary/aromatic N) is 2. The molecule has 0 amide bonds. The van der Waals surface area contributed by atoms with Crippen molar-refractivity contribution in [2.75, 3.05) is 33.4 Å². The van der Waals surface area contributed by atoms with Gasteiger partial charge in [0.05, 0.1) is 12.7 Å². The summed E-state index contributed by atoms with van der Waals surface area (Å²) in [6.45, 7) is 14.1. The second-order valence-electron chi connectivity index (χ2n) is 8.57. The number of hydrogen-bond donors (Lipinski definition) is 2. The van der Waals surface area contributed by atoms with Gasteiger partial charge in [0.25, 0.3) is 0 Å². The van der Waals surface area contributed by atoms with Crippen LogP contribution in [0.3, 0.4) is 0 Å². The van der Waals surface area contributed by atoms with Crippen molar-refractivity contribution >= 4 is 5.96 Å². The molecule has 1 aromatic carbocycles. The zero-order valence-electron chi connectivity index (χ0n) is 19.6. The van der Waals surface area contributed by atoms with Gasteiger partial charge in [-0.1, -0.05) is 24.3 Å². The van der Waals surface area contributed by atoms with E-state index in [0.29, 0.717) is 24.8 Å². The standard InChI is InChI=1S/C24H42N4O2/c1-19(2)28(20(3)4)13-7-12-26-24(25-5)27-17-21-8-6-9-22(16-21)18-30-23-10-14-29-15-11-23/h6,8-9,16,19-20,23H,7,10-15,17-18H2,1-5H3,(H2,25,26,27). The predicted octanol–water partition coefficient (Wildman–Crippen LogP) is 3.56. The van der Waals surface area contributed by atoms with Gasteiger partial charge in [0.15, 0.2) is 5.96 Å². The highest BCUT2D eigenvalue weighted by atomic mass is 16.5. The molecule has 0 aliphatic carbocycles. The fraction of sp³-hybridized carbons (Fsp3) is 0.708. The number of nitrogens with one attached hydrogen (secondary N) is 2. The Morgan fingerprint density at radius 1 is 1.13 bits per heavy atom. The van der Waals surface area contributed by atoms with Crippen molar-refractivity contribution in [1.82, 2.24) is 15.5 Å². The lowest BCUT2D eigenvalue weighted by atomic mass is 10.1. The maximum atomic E-state index is 6.05. The van der Waals surface area contributed by atoms with Crippen LogP contribution in [0.2, 0.25) is 0 Å². The van der Waals surface area contributed by atoms with E-state index in [9.17, 15) is 0 Å². The molecule has 1 aliphatic heterocycles. The first-order chi connectivity index (χ1) is 14.5. The number of ether oxygens (including phenoxy) is 2. The van der Waals surface area contributed by atoms with E-state index in [1.807, 2.05) is 7.05 Å². The molecule has 0 atom stereocenters. The van der Waals surface area contributed by atoms with Gasteiger partial charge in [0.2, 0.25) is 0 Å². The van der Waals surface area contributed by atoms with Gasteiger partial charge >= 0.3 is 0 Å². The first-order valence-electron chi connectivity index (χ1n) is 11.5. The van der Waals surface area contributed by atoms with Crippen molar-refractivity contribution in [1.29, 1.82) is 0 Å². The van der Waals surface area contributed by atoms with E-state index in [0.717, 1.165) is 58.1 Å². The number of rotatable bonds is 11. The van der Waals surface area contributed by atoms with Crippen LogP contribution in [0.4, 0.5) is 0 Å². The number of aliphatic imine (C=N–C) groups is 1. The van der Waals surface area contributed by atoms with Crippen molar-refractivity contribution in [3.63, 3.8) is 0 Å². The second-order valence-corrected chi connectivity index (χ2v) is 8.57. The van der Waals surface area contributed by atoms with E-state index < -0.39 is 0 Å². The lowest BCUT2D eigenvalue weighted by molar-refractivity contribution is -0.0390. The third kappa shape index (κ3) is 9.02.